The molecule has 1 aliphatic heterocycles. The molecular formula is C13H18O4S. The van der Waals surface area contributed by atoms with Crippen LogP contribution in [-0.2, 0) is 21.3 Å². The molecule has 1 N–H and O–H groups in total. The van der Waals surface area contributed by atoms with E-state index in [4.69, 9.17) is 4.74 Å². The van der Waals surface area contributed by atoms with Crippen LogP contribution in [0.25, 0.3) is 0 Å². The fourth-order valence-electron chi connectivity index (χ4n) is 2.40. The zero-order chi connectivity index (χ0) is 13.2. The highest BCUT2D eigenvalue weighted by molar-refractivity contribution is 7.85. The predicted octanol–water partition coefficient (Wildman–Crippen LogP) is 2.21. The van der Waals surface area contributed by atoms with Gasteiger partial charge in [-0.05, 0) is 43.7 Å². The molecular weight excluding hydrogens is 252 g/mol. The second kappa shape index (κ2) is 5.38. The van der Waals surface area contributed by atoms with Crippen LogP contribution in [0.1, 0.15) is 24.0 Å². The molecule has 0 spiro atoms. The molecule has 0 saturated carbocycles. The molecule has 18 heavy (non-hydrogen) atoms. The van der Waals surface area contributed by atoms with Crippen molar-refractivity contribution in [3.05, 3.63) is 29.3 Å². The summed E-state index contributed by atoms with van der Waals surface area (Å²) in [7, 11) is -4.14. The van der Waals surface area contributed by atoms with Gasteiger partial charge in [-0.2, -0.15) is 8.42 Å². The Labute approximate surface area is 108 Å². The standard InChI is InChI=1S/C13H18O4S/c1-10-4-5-13(18(14,15)16)12(7-10)8-11-3-2-6-17-9-11/h4-5,7,11H,2-3,6,8-9H2,1H3,(H,14,15,16). The maximum Gasteiger partial charge on any atom is 0.294 e. The van der Waals surface area contributed by atoms with E-state index < -0.39 is 10.1 Å². The van der Waals surface area contributed by atoms with Crippen LogP contribution in [0.2, 0.25) is 0 Å². The first-order valence-electron chi connectivity index (χ1n) is 6.11. The molecule has 1 aliphatic rings. The van der Waals surface area contributed by atoms with Gasteiger partial charge in [0, 0.05) is 13.2 Å². The Morgan fingerprint density at radius 1 is 1.44 bits per heavy atom. The first kappa shape index (κ1) is 13.5. The van der Waals surface area contributed by atoms with E-state index in [1.165, 1.54) is 6.07 Å². The van der Waals surface area contributed by atoms with Gasteiger partial charge in [0.05, 0.1) is 4.90 Å². The molecule has 2 rings (SSSR count). The zero-order valence-electron chi connectivity index (χ0n) is 10.4. The Bertz CT molecular complexity index is 516. The molecule has 1 saturated heterocycles. The first-order valence-corrected chi connectivity index (χ1v) is 7.55. The summed E-state index contributed by atoms with van der Waals surface area (Å²) in [5.74, 6) is 0.334. The second-order valence-corrected chi connectivity index (χ2v) is 6.26. The van der Waals surface area contributed by atoms with Crippen molar-refractivity contribution >= 4 is 10.1 Å². The van der Waals surface area contributed by atoms with E-state index in [0.29, 0.717) is 24.5 Å². The van der Waals surface area contributed by atoms with Crippen molar-refractivity contribution in [3.8, 4) is 0 Å². The van der Waals surface area contributed by atoms with Crippen LogP contribution in [0.3, 0.4) is 0 Å². The Hall–Kier alpha value is -0.910. The minimum absolute atomic E-state index is 0.0265. The predicted molar refractivity (Wildman–Crippen MR) is 68.2 cm³/mol. The number of hydrogen-bond acceptors (Lipinski definition) is 3. The Kier molecular flexibility index (Phi) is 4.04. The third-order valence-corrected chi connectivity index (χ3v) is 4.21. The lowest BCUT2D eigenvalue weighted by molar-refractivity contribution is 0.0548. The third kappa shape index (κ3) is 3.31. The smallest absolute Gasteiger partial charge is 0.294 e. The van der Waals surface area contributed by atoms with Crippen LogP contribution in [-0.4, -0.2) is 26.2 Å². The quantitative estimate of drug-likeness (QED) is 0.855. The second-order valence-electron chi connectivity index (χ2n) is 4.87. The van der Waals surface area contributed by atoms with Crippen LogP contribution in [0.5, 0.6) is 0 Å². The van der Waals surface area contributed by atoms with Crippen LogP contribution in [0.4, 0.5) is 0 Å². The van der Waals surface area contributed by atoms with Gasteiger partial charge in [0.1, 0.15) is 0 Å². The third-order valence-electron chi connectivity index (χ3n) is 3.26. The van der Waals surface area contributed by atoms with Crippen molar-refractivity contribution in [3.63, 3.8) is 0 Å². The number of hydrogen-bond donors (Lipinski definition) is 1. The largest absolute Gasteiger partial charge is 0.381 e. The van der Waals surface area contributed by atoms with Crippen molar-refractivity contribution in [1.29, 1.82) is 0 Å². The van der Waals surface area contributed by atoms with Crippen molar-refractivity contribution in [2.24, 2.45) is 5.92 Å². The highest BCUT2D eigenvalue weighted by Crippen LogP contribution is 2.24. The molecule has 0 aliphatic carbocycles. The van der Waals surface area contributed by atoms with E-state index in [0.717, 1.165) is 25.0 Å². The Morgan fingerprint density at radius 2 is 2.22 bits per heavy atom. The van der Waals surface area contributed by atoms with Gasteiger partial charge in [0.15, 0.2) is 0 Å². The summed E-state index contributed by atoms with van der Waals surface area (Å²) in [6, 6.07) is 5.01. The van der Waals surface area contributed by atoms with E-state index in [2.05, 4.69) is 0 Å². The molecule has 4 nitrogen and oxygen atoms in total. The topological polar surface area (TPSA) is 63.6 Å². The lowest BCUT2D eigenvalue weighted by Gasteiger charge is -2.22. The highest BCUT2D eigenvalue weighted by atomic mass is 32.2. The molecule has 1 fully saturated rings. The summed E-state index contributed by atoms with van der Waals surface area (Å²) in [5.41, 5.74) is 1.68. The summed E-state index contributed by atoms with van der Waals surface area (Å²) in [5, 5.41) is 0. The van der Waals surface area contributed by atoms with Crippen molar-refractivity contribution in [2.45, 2.75) is 31.1 Å². The van der Waals surface area contributed by atoms with Crippen molar-refractivity contribution < 1.29 is 17.7 Å². The average Bonchev–Trinajstić information content (AvgIpc) is 2.28. The molecule has 1 aromatic carbocycles. The molecule has 1 atom stereocenters. The minimum Gasteiger partial charge on any atom is -0.381 e. The Balaban J connectivity index is 2.27. The summed E-state index contributed by atoms with van der Waals surface area (Å²) in [6.07, 6.45) is 2.69. The maximum atomic E-state index is 11.3. The molecule has 1 heterocycles. The molecule has 0 aromatic heterocycles. The van der Waals surface area contributed by atoms with E-state index in [9.17, 15) is 13.0 Å². The van der Waals surface area contributed by atoms with Crippen LogP contribution in [0.15, 0.2) is 23.1 Å². The van der Waals surface area contributed by atoms with E-state index in [-0.39, 0.29) is 4.90 Å². The summed E-state index contributed by atoms with van der Waals surface area (Å²) in [6.45, 7) is 3.36. The summed E-state index contributed by atoms with van der Waals surface area (Å²) >= 11 is 0. The normalized spacial score (nSPS) is 20.9. The van der Waals surface area contributed by atoms with Crippen molar-refractivity contribution in [2.75, 3.05) is 13.2 Å². The molecule has 5 heteroatoms. The lowest BCUT2D eigenvalue weighted by atomic mass is 9.93. The van der Waals surface area contributed by atoms with Crippen LogP contribution < -0.4 is 0 Å². The number of aryl methyl sites for hydroxylation is 1. The summed E-state index contributed by atoms with van der Waals surface area (Å²) in [4.78, 5) is 0.0265. The van der Waals surface area contributed by atoms with Gasteiger partial charge in [-0.15, -0.1) is 0 Å². The van der Waals surface area contributed by atoms with Crippen LogP contribution in [0, 0.1) is 12.8 Å². The average molecular weight is 270 g/mol. The monoisotopic (exact) mass is 270 g/mol. The van der Waals surface area contributed by atoms with Crippen LogP contribution >= 0.6 is 0 Å². The van der Waals surface area contributed by atoms with Crippen molar-refractivity contribution in [1.82, 2.24) is 0 Å². The van der Waals surface area contributed by atoms with E-state index in [1.807, 2.05) is 13.0 Å². The number of rotatable bonds is 3. The van der Waals surface area contributed by atoms with E-state index >= 15 is 0 Å². The molecule has 1 unspecified atom stereocenters. The molecule has 100 valence electrons. The first-order chi connectivity index (χ1) is 8.47. The summed E-state index contributed by atoms with van der Waals surface area (Å²) < 4.78 is 37.3. The van der Waals surface area contributed by atoms with Gasteiger partial charge in [-0.1, -0.05) is 17.7 Å². The number of ether oxygens (including phenoxy) is 1. The molecule has 0 amide bonds. The Morgan fingerprint density at radius 3 is 2.83 bits per heavy atom. The molecule has 0 radical (unpaired) electrons. The lowest BCUT2D eigenvalue weighted by Crippen LogP contribution is -2.20. The highest BCUT2D eigenvalue weighted by Gasteiger charge is 2.20. The van der Waals surface area contributed by atoms with Gasteiger partial charge in [0.2, 0.25) is 0 Å². The van der Waals surface area contributed by atoms with Gasteiger partial charge in [-0.3, -0.25) is 4.55 Å². The van der Waals surface area contributed by atoms with Gasteiger partial charge in [0.25, 0.3) is 10.1 Å². The fourth-order valence-corrected chi connectivity index (χ4v) is 3.11. The fraction of sp³-hybridized carbons (Fsp3) is 0.538. The molecule has 0 bridgehead atoms. The van der Waals surface area contributed by atoms with Gasteiger partial charge in [-0.25, -0.2) is 0 Å². The van der Waals surface area contributed by atoms with E-state index in [1.54, 1.807) is 6.07 Å². The number of benzene rings is 1. The zero-order valence-corrected chi connectivity index (χ0v) is 11.2. The van der Waals surface area contributed by atoms with Gasteiger partial charge >= 0.3 is 0 Å². The van der Waals surface area contributed by atoms with Gasteiger partial charge < -0.3 is 4.74 Å². The molecule has 1 aromatic rings. The maximum absolute atomic E-state index is 11.3. The minimum atomic E-state index is -4.14. The SMILES string of the molecule is Cc1ccc(S(=O)(=O)O)c(CC2CCCOC2)c1.